The highest BCUT2D eigenvalue weighted by molar-refractivity contribution is 5.79. The molecule has 3 N–H and O–H groups in total. The molecule has 0 saturated carbocycles. The predicted octanol–water partition coefficient (Wildman–Crippen LogP) is 3.14. The summed E-state index contributed by atoms with van der Waals surface area (Å²) in [5, 5.41) is 16.6. The van der Waals surface area contributed by atoms with E-state index >= 15 is 0 Å². The number of nitrogens with zero attached hydrogens (tertiary/aromatic N) is 2. The topological polar surface area (TPSA) is 69.1 Å². The van der Waals surface area contributed by atoms with E-state index < -0.39 is 12.7 Å². The molecule has 2 aromatic carbocycles. The minimum atomic E-state index is -2.87. The first-order chi connectivity index (χ1) is 13.9. The van der Waals surface area contributed by atoms with E-state index in [1.165, 1.54) is 12.1 Å². The summed E-state index contributed by atoms with van der Waals surface area (Å²) in [5.74, 6) is 0.639. The molecular weight excluding hydrogens is 378 g/mol. The molecule has 29 heavy (non-hydrogen) atoms. The molecule has 1 unspecified atom stereocenters. The Balaban J connectivity index is 1.92. The maximum atomic E-state index is 12.2. The smallest absolute Gasteiger partial charge is 0.387 e. The first-order valence-electron chi connectivity index (χ1n) is 9.40. The van der Waals surface area contributed by atoms with Gasteiger partial charge in [-0.05, 0) is 42.3 Å². The number of aliphatic hydroxyl groups excluding tert-OH is 1. The average molecular weight is 406 g/mol. The third-order valence-corrected chi connectivity index (χ3v) is 4.17. The van der Waals surface area contributed by atoms with Gasteiger partial charge in [-0.15, -0.1) is 0 Å². The van der Waals surface area contributed by atoms with E-state index in [1.807, 2.05) is 50.2 Å². The van der Waals surface area contributed by atoms with Gasteiger partial charge in [0.05, 0.1) is 12.6 Å². The van der Waals surface area contributed by atoms with Crippen LogP contribution in [0.5, 0.6) is 5.75 Å². The van der Waals surface area contributed by atoms with Crippen molar-refractivity contribution in [3.63, 3.8) is 0 Å². The van der Waals surface area contributed by atoms with Crippen molar-refractivity contribution in [1.29, 1.82) is 0 Å². The Hall–Kier alpha value is -2.87. The number of halogens is 2. The SMILES string of the molecule is CCNC(=NCc1ccc(N(C)C)cc1)NCC(O)c1ccc(OC(F)F)cc1. The second kappa shape index (κ2) is 11.2. The average Bonchev–Trinajstić information content (AvgIpc) is 2.70. The highest BCUT2D eigenvalue weighted by Crippen LogP contribution is 2.19. The minimum absolute atomic E-state index is 0.0547. The van der Waals surface area contributed by atoms with Crippen molar-refractivity contribution in [2.45, 2.75) is 26.2 Å². The van der Waals surface area contributed by atoms with E-state index in [4.69, 9.17) is 0 Å². The normalized spacial score (nSPS) is 12.6. The van der Waals surface area contributed by atoms with Crippen LogP contribution in [0.4, 0.5) is 14.5 Å². The number of anilines is 1. The molecule has 0 aliphatic heterocycles. The van der Waals surface area contributed by atoms with Gasteiger partial charge in [-0.1, -0.05) is 24.3 Å². The van der Waals surface area contributed by atoms with Crippen LogP contribution < -0.4 is 20.3 Å². The molecule has 0 aliphatic rings. The Morgan fingerprint density at radius 3 is 2.28 bits per heavy atom. The number of aliphatic hydroxyl groups is 1. The van der Waals surface area contributed by atoms with Gasteiger partial charge in [-0.3, -0.25) is 0 Å². The fourth-order valence-corrected chi connectivity index (χ4v) is 2.59. The molecule has 0 heterocycles. The Morgan fingerprint density at radius 2 is 1.72 bits per heavy atom. The van der Waals surface area contributed by atoms with Crippen LogP contribution in [0.1, 0.15) is 24.2 Å². The zero-order chi connectivity index (χ0) is 21.2. The third-order valence-electron chi connectivity index (χ3n) is 4.17. The van der Waals surface area contributed by atoms with Crippen molar-refractivity contribution in [2.75, 3.05) is 32.1 Å². The molecule has 2 rings (SSSR count). The summed E-state index contributed by atoms with van der Waals surface area (Å²) >= 11 is 0. The highest BCUT2D eigenvalue weighted by atomic mass is 19.3. The number of aliphatic imine (C=N–C) groups is 1. The lowest BCUT2D eigenvalue weighted by Crippen LogP contribution is -2.39. The molecule has 0 radical (unpaired) electrons. The van der Waals surface area contributed by atoms with E-state index in [9.17, 15) is 13.9 Å². The number of nitrogens with one attached hydrogen (secondary N) is 2. The lowest BCUT2D eigenvalue weighted by Gasteiger charge is -2.16. The minimum Gasteiger partial charge on any atom is -0.435 e. The molecular formula is C21H28F2N4O2. The van der Waals surface area contributed by atoms with E-state index in [1.54, 1.807) is 12.1 Å². The first-order valence-corrected chi connectivity index (χ1v) is 9.40. The lowest BCUT2D eigenvalue weighted by molar-refractivity contribution is -0.0498. The molecule has 0 aliphatic carbocycles. The van der Waals surface area contributed by atoms with Crippen molar-refractivity contribution in [1.82, 2.24) is 10.6 Å². The number of hydrogen-bond donors (Lipinski definition) is 3. The van der Waals surface area contributed by atoms with Crippen LogP contribution in [0.2, 0.25) is 0 Å². The summed E-state index contributed by atoms with van der Waals surface area (Å²) in [6, 6.07) is 14.1. The Kier molecular flexibility index (Phi) is 8.67. The van der Waals surface area contributed by atoms with Crippen molar-refractivity contribution in [2.24, 2.45) is 4.99 Å². The molecule has 0 spiro atoms. The van der Waals surface area contributed by atoms with E-state index in [2.05, 4.69) is 20.4 Å². The van der Waals surface area contributed by atoms with Gasteiger partial charge in [-0.2, -0.15) is 8.78 Å². The fraction of sp³-hybridized carbons (Fsp3) is 0.381. The second-order valence-corrected chi connectivity index (χ2v) is 6.60. The van der Waals surface area contributed by atoms with Crippen LogP contribution in [-0.2, 0) is 6.54 Å². The van der Waals surface area contributed by atoms with Crippen molar-refractivity contribution in [3.05, 3.63) is 59.7 Å². The summed E-state index contributed by atoms with van der Waals surface area (Å²) in [4.78, 5) is 6.57. The summed E-state index contributed by atoms with van der Waals surface area (Å²) in [6.45, 7) is 0.493. The van der Waals surface area contributed by atoms with Crippen molar-refractivity contribution in [3.8, 4) is 5.75 Å². The number of ether oxygens (including phenoxy) is 1. The molecule has 2 aromatic rings. The standard InChI is InChI=1S/C21H28F2N4O2/c1-4-24-21(25-13-15-5-9-17(10-6-15)27(2)3)26-14-19(28)16-7-11-18(12-8-16)29-20(22)23/h5-12,19-20,28H,4,13-14H2,1-3H3,(H2,24,25,26). The van der Waals surface area contributed by atoms with Gasteiger partial charge in [-0.25, -0.2) is 4.99 Å². The maximum Gasteiger partial charge on any atom is 0.387 e. The van der Waals surface area contributed by atoms with Gasteiger partial charge in [0.2, 0.25) is 0 Å². The summed E-state index contributed by atoms with van der Waals surface area (Å²) in [6.07, 6.45) is -0.821. The predicted molar refractivity (Wildman–Crippen MR) is 112 cm³/mol. The number of alkyl halides is 2. The van der Waals surface area contributed by atoms with Gasteiger partial charge < -0.3 is 25.4 Å². The molecule has 0 saturated heterocycles. The molecule has 0 amide bonds. The molecule has 158 valence electrons. The van der Waals surface area contributed by atoms with Gasteiger partial charge in [0.15, 0.2) is 5.96 Å². The van der Waals surface area contributed by atoms with Crippen molar-refractivity contribution < 1.29 is 18.6 Å². The quantitative estimate of drug-likeness (QED) is 0.441. The summed E-state index contributed by atoms with van der Waals surface area (Å²) in [7, 11) is 3.98. The molecule has 6 nitrogen and oxygen atoms in total. The van der Waals surface area contributed by atoms with Crippen LogP contribution in [0.15, 0.2) is 53.5 Å². The Morgan fingerprint density at radius 1 is 1.07 bits per heavy atom. The van der Waals surface area contributed by atoms with E-state index in [0.29, 0.717) is 24.6 Å². The Bertz CT molecular complexity index is 765. The molecule has 0 fully saturated rings. The van der Waals surface area contributed by atoms with Crippen LogP contribution in [0, 0.1) is 0 Å². The van der Waals surface area contributed by atoms with Crippen LogP contribution >= 0.6 is 0 Å². The van der Waals surface area contributed by atoms with Gasteiger partial charge in [0.25, 0.3) is 0 Å². The van der Waals surface area contributed by atoms with Gasteiger partial charge >= 0.3 is 6.61 Å². The van der Waals surface area contributed by atoms with E-state index in [0.717, 1.165) is 11.3 Å². The third kappa shape index (κ3) is 7.57. The highest BCUT2D eigenvalue weighted by Gasteiger charge is 2.10. The molecule has 0 aromatic heterocycles. The largest absolute Gasteiger partial charge is 0.435 e. The van der Waals surface area contributed by atoms with Gasteiger partial charge in [0, 0.05) is 32.9 Å². The monoisotopic (exact) mass is 406 g/mol. The number of benzene rings is 2. The number of guanidine groups is 1. The summed E-state index contributed by atoms with van der Waals surface area (Å²) in [5.41, 5.74) is 2.79. The van der Waals surface area contributed by atoms with E-state index in [-0.39, 0.29) is 12.3 Å². The fourth-order valence-electron chi connectivity index (χ4n) is 2.59. The molecule has 8 heteroatoms. The van der Waals surface area contributed by atoms with Crippen molar-refractivity contribution >= 4 is 11.6 Å². The van der Waals surface area contributed by atoms with Crippen LogP contribution in [-0.4, -0.2) is 44.9 Å². The molecule has 1 atom stereocenters. The van der Waals surface area contributed by atoms with Crippen LogP contribution in [0.25, 0.3) is 0 Å². The maximum absolute atomic E-state index is 12.2. The summed E-state index contributed by atoms with van der Waals surface area (Å²) < 4.78 is 28.7. The van der Waals surface area contributed by atoms with Gasteiger partial charge in [0.1, 0.15) is 5.75 Å². The zero-order valence-electron chi connectivity index (χ0n) is 16.9. The molecule has 0 bridgehead atoms. The zero-order valence-corrected chi connectivity index (χ0v) is 16.9. The van der Waals surface area contributed by atoms with Crippen LogP contribution in [0.3, 0.4) is 0 Å². The number of rotatable bonds is 9. The first kappa shape index (κ1) is 22.4. The number of hydrogen-bond acceptors (Lipinski definition) is 4. The lowest BCUT2D eigenvalue weighted by atomic mass is 10.1. The Labute approximate surface area is 170 Å². The second-order valence-electron chi connectivity index (χ2n) is 6.60.